The van der Waals surface area contributed by atoms with Crippen LogP contribution in [0.15, 0.2) is 17.2 Å². The van der Waals surface area contributed by atoms with Gasteiger partial charge >= 0.3 is 0 Å². The first-order chi connectivity index (χ1) is 9.94. The zero-order chi connectivity index (χ0) is 15.9. The highest BCUT2D eigenvalue weighted by Gasteiger charge is 2.20. The van der Waals surface area contributed by atoms with Crippen molar-refractivity contribution in [2.75, 3.05) is 18.6 Å². The molecule has 0 aliphatic rings. The molecule has 0 saturated heterocycles. The zero-order valence-corrected chi connectivity index (χ0v) is 15.0. The third-order valence-corrected chi connectivity index (χ3v) is 5.45. The maximum Gasteiger partial charge on any atom is 0.242 e. The average Bonchev–Trinajstić information content (AvgIpc) is 2.80. The minimum atomic E-state index is -3.44. The van der Waals surface area contributed by atoms with Crippen LogP contribution in [0.4, 0.5) is 0 Å². The van der Waals surface area contributed by atoms with Gasteiger partial charge in [-0.3, -0.25) is 0 Å². The van der Waals surface area contributed by atoms with Gasteiger partial charge < -0.3 is 9.88 Å². The summed E-state index contributed by atoms with van der Waals surface area (Å²) >= 11 is 1.63. The standard InChI is InChI=1S/C14H27N3O2S2/c1-5-7-17-10-14(8-13(17)9-15-6-2)21(18,19)16-12(3)11-20-4/h8,10,12,15-16H,5-7,9,11H2,1-4H3. The molecule has 1 aromatic heterocycles. The van der Waals surface area contributed by atoms with Crippen molar-refractivity contribution < 1.29 is 8.42 Å². The summed E-state index contributed by atoms with van der Waals surface area (Å²) in [7, 11) is -3.44. The normalized spacial score (nSPS) is 13.5. The summed E-state index contributed by atoms with van der Waals surface area (Å²) in [5, 5.41) is 3.25. The molecule has 0 bridgehead atoms. The monoisotopic (exact) mass is 333 g/mol. The number of nitrogens with one attached hydrogen (secondary N) is 2. The summed E-state index contributed by atoms with van der Waals surface area (Å²) in [5.41, 5.74) is 1.01. The van der Waals surface area contributed by atoms with E-state index in [2.05, 4.69) is 17.0 Å². The molecule has 1 unspecified atom stereocenters. The molecule has 5 nitrogen and oxygen atoms in total. The van der Waals surface area contributed by atoms with Crippen molar-refractivity contribution in [2.45, 2.75) is 51.2 Å². The fraction of sp³-hybridized carbons (Fsp3) is 0.714. The van der Waals surface area contributed by atoms with Crippen molar-refractivity contribution in [3.63, 3.8) is 0 Å². The number of hydrogen-bond donors (Lipinski definition) is 2. The van der Waals surface area contributed by atoms with E-state index in [1.807, 2.05) is 24.7 Å². The average molecular weight is 334 g/mol. The van der Waals surface area contributed by atoms with Gasteiger partial charge in [0.1, 0.15) is 0 Å². The Labute approximate surface area is 132 Å². The molecular weight excluding hydrogens is 306 g/mol. The third kappa shape index (κ3) is 5.65. The van der Waals surface area contributed by atoms with Gasteiger partial charge in [0.15, 0.2) is 0 Å². The first kappa shape index (κ1) is 18.5. The molecule has 21 heavy (non-hydrogen) atoms. The molecule has 0 aliphatic heterocycles. The molecule has 122 valence electrons. The van der Waals surface area contributed by atoms with E-state index >= 15 is 0 Å². The van der Waals surface area contributed by atoms with Crippen LogP contribution < -0.4 is 10.0 Å². The lowest BCUT2D eigenvalue weighted by molar-refractivity contribution is 0.570. The van der Waals surface area contributed by atoms with Crippen LogP contribution in [0.2, 0.25) is 0 Å². The highest BCUT2D eigenvalue weighted by atomic mass is 32.2. The summed E-state index contributed by atoms with van der Waals surface area (Å²) in [4.78, 5) is 0.358. The second-order valence-electron chi connectivity index (χ2n) is 5.12. The minimum Gasteiger partial charge on any atom is -0.349 e. The van der Waals surface area contributed by atoms with Crippen LogP contribution in [0.25, 0.3) is 0 Å². The fourth-order valence-corrected chi connectivity index (χ4v) is 4.13. The van der Waals surface area contributed by atoms with Crippen LogP contribution in [0, 0.1) is 0 Å². The van der Waals surface area contributed by atoms with Crippen molar-refractivity contribution in [3.05, 3.63) is 18.0 Å². The quantitative estimate of drug-likeness (QED) is 0.688. The number of sulfonamides is 1. The number of thioether (sulfide) groups is 1. The molecule has 2 N–H and O–H groups in total. The Balaban J connectivity index is 2.95. The van der Waals surface area contributed by atoms with Gasteiger partial charge in [0.25, 0.3) is 0 Å². The molecule has 1 atom stereocenters. The highest BCUT2D eigenvalue weighted by Crippen LogP contribution is 2.16. The van der Waals surface area contributed by atoms with Gasteiger partial charge in [-0.25, -0.2) is 13.1 Å². The van der Waals surface area contributed by atoms with Gasteiger partial charge in [-0.15, -0.1) is 0 Å². The van der Waals surface area contributed by atoms with Gasteiger partial charge in [-0.05, 0) is 32.2 Å². The van der Waals surface area contributed by atoms with E-state index < -0.39 is 10.0 Å². The van der Waals surface area contributed by atoms with Crippen LogP contribution >= 0.6 is 11.8 Å². The Hall–Kier alpha value is -0.500. The van der Waals surface area contributed by atoms with Crippen molar-refractivity contribution in [2.24, 2.45) is 0 Å². The topological polar surface area (TPSA) is 63.1 Å². The second-order valence-corrected chi connectivity index (χ2v) is 7.74. The molecule has 0 saturated carbocycles. The molecule has 7 heteroatoms. The predicted molar refractivity (Wildman–Crippen MR) is 90.3 cm³/mol. The molecule has 0 aliphatic carbocycles. The van der Waals surface area contributed by atoms with Crippen LogP contribution in [0.3, 0.4) is 0 Å². The van der Waals surface area contributed by atoms with Gasteiger partial charge in [-0.2, -0.15) is 11.8 Å². The van der Waals surface area contributed by atoms with E-state index in [4.69, 9.17) is 0 Å². The summed E-state index contributed by atoms with van der Waals surface area (Å²) in [6.45, 7) is 8.39. The lowest BCUT2D eigenvalue weighted by atomic mass is 10.4. The van der Waals surface area contributed by atoms with Crippen molar-refractivity contribution in [3.8, 4) is 0 Å². The second kappa shape index (κ2) is 8.82. The Morgan fingerprint density at radius 2 is 2.10 bits per heavy atom. The molecular formula is C14H27N3O2S2. The van der Waals surface area contributed by atoms with Crippen LogP contribution in [-0.2, 0) is 23.1 Å². The van der Waals surface area contributed by atoms with Crippen LogP contribution in [0.5, 0.6) is 0 Å². The summed E-state index contributed by atoms with van der Waals surface area (Å²) in [5.74, 6) is 0.763. The number of aryl methyl sites for hydroxylation is 1. The molecule has 0 aromatic carbocycles. The Morgan fingerprint density at radius 3 is 2.67 bits per heavy atom. The largest absolute Gasteiger partial charge is 0.349 e. The van der Waals surface area contributed by atoms with E-state index in [1.165, 1.54) is 0 Å². The zero-order valence-electron chi connectivity index (χ0n) is 13.3. The van der Waals surface area contributed by atoms with Crippen molar-refractivity contribution in [1.29, 1.82) is 0 Å². The van der Waals surface area contributed by atoms with E-state index in [0.717, 1.165) is 31.0 Å². The lowest BCUT2D eigenvalue weighted by Crippen LogP contribution is -2.34. The molecule has 1 rings (SSSR count). The number of aromatic nitrogens is 1. The number of nitrogens with zero attached hydrogens (tertiary/aromatic N) is 1. The van der Waals surface area contributed by atoms with Gasteiger partial charge in [-0.1, -0.05) is 13.8 Å². The maximum absolute atomic E-state index is 12.4. The number of hydrogen-bond acceptors (Lipinski definition) is 4. The first-order valence-corrected chi connectivity index (χ1v) is 10.2. The smallest absolute Gasteiger partial charge is 0.242 e. The van der Waals surface area contributed by atoms with Crippen molar-refractivity contribution >= 4 is 21.8 Å². The molecule has 0 spiro atoms. The third-order valence-electron chi connectivity index (χ3n) is 3.06. The Bertz CT molecular complexity index is 526. The maximum atomic E-state index is 12.4. The van der Waals surface area contributed by atoms with Gasteiger partial charge in [0, 0.05) is 36.8 Å². The van der Waals surface area contributed by atoms with Gasteiger partial charge in [0.2, 0.25) is 10.0 Å². The summed E-state index contributed by atoms with van der Waals surface area (Å²) < 4.78 is 29.6. The van der Waals surface area contributed by atoms with Crippen LogP contribution in [-0.4, -0.2) is 37.6 Å². The molecule has 0 radical (unpaired) electrons. The molecule has 1 heterocycles. The van der Waals surface area contributed by atoms with E-state index in [0.29, 0.717) is 11.4 Å². The number of rotatable bonds is 10. The molecule has 1 aromatic rings. The summed E-state index contributed by atoms with van der Waals surface area (Å²) in [6, 6.07) is 1.70. The minimum absolute atomic E-state index is 0.0725. The highest BCUT2D eigenvalue weighted by molar-refractivity contribution is 7.98. The molecule has 0 amide bonds. The van der Waals surface area contributed by atoms with Crippen molar-refractivity contribution in [1.82, 2.24) is 14.6 Å². The Morgan fingerprint density at radius 1 is 1.38 bits per heavy atom. The fourth-order valence-electron chi connectivity index (χ4n) is 2.14. The predicted octanol–water partition coefficient (Wildman–Crippen LogP) is 2.04. The van der Waals surface area contributed by atoms with Crippen LogP contribution in [0.1, 0.15) is 32.9 Å². The summed E-state index contributed by atoms with van der Waals surface area (Å²) in [6.07, 6.45) is 4.69. The van der Waals surface area contributed by atoms with E-state index in [9.17, 15) is 8.42 Å². The van der Waals surface area contributed by atoms with Gasteiger partial charge in [0.05, 0.1) is 4.90 Å². The lowest BCUT2D eigenvalue weighted by Gasteiger charge is -2.11. The Kier molecular flexibility index (Phi) is 7.79. The molecule has 0 fully saturated rings. The SMILES string of the molecule is CCCn1cc(S(=O)(=O)NC(C)CSC)cc1CNCC. The first-order valence-electron chi connectivity index (χ1n) is 7.35. The van der Waals surface area contributed by atoms with E-state index in [-0.39, 0.29) is 6.04 Å². The van der Waals surface area contributed by atoms with E-state index in [1.54, 1.807) is 24.0 Å².